The molecule has 0 heterocycles. The van der Waals surface area contributed by atoms with E-state index in [9.17, 15) is 18.0 Å². The van der Waals surface area contributed by atoms with Crippen LogP contribution in [0.5, 0.6) is 0 Å². The number of alkyl halides is 3. The lowest BCUT2D eigenvalue weighted by Crippen LogP contribution is -2.26. The Morgan fingerprint density at radius 2 is 1.91 bits per heavy atom. The average molecular weight is 352 g/mol. The molecule has 0 aliphatic carbocycles. The second-order valence-corrected chi connectivity index (χ2v) is 5.94. The van der Waals surface area contributed by atoms with Gasteiger partial charge in [-0.15, -0.1) is 0 Å². The van der Waals surface area contributed by atoms with Crippen molar-refractivity contribution in [3.05, 3.63) is 28.3 Å². The van der Waals surface area contributed by atoms with Crippen LogP contribution < -0.4 is 0 Å². The number of benzene rings is 1. The highest BCUT2D eigenvalue weighted by Gasteiger charge is 2.38. The molecule has 1 rings (SSSR count). The van der Waals surface area contributed by atoms with Crippen LogP contribution in [0.15, 0.2) is 17.1 Å². The fraction of sp³-hybridized carbons (Fsp3) is 0.357. The Balaban J connectivity index is 3.46. The van der Waals surface area contributed by atoms with Crippen molar-refractivity contribution in [1.82, 2.24) is 0 Å². The van der Waals surface area contributed by atoms with Crippen molar-refractivity contribution >= 4 is 47.1 Å². The molecule has 8 heteroatoms. The molecular formula is C14H13ClF3NO2S. The number of rotatable bonds is 3. The van der Waals surface area contributed by atoms with Crippen LogP contribution in [0, 0.1) is 0 Å². The summed E-state index contributed by atoms with van der Waals surface area (Å²) in [5.41, 5.74) is -2.95. The molecule has 0 bridgehead atoms. The number of hydrogen-bond acceptors (Lipinski definition) is 4. The van der Waals surface area contributed by atoms with Crippen molar-refractivity contribution in [2.75, 3.05) is 0 Å². The first-order valence-corrected chi connectivity index (χ1v) is 6.92. The molecule has 0 radical (unpaired) electrons. The number of aliphatic imine (C=N–C) groups is 1. The highest BCUT2D eigenvalue weighted by atomic mass is 35.5. The first-order valence-electron chi connectivity index (χ1n) is 6.07. The molecule has 1 aromatic rings. The van der Waals surface area contributed by atoms with E-state index in [-0.39, 0.29) is 10.7 Å². The van der Waals surface area contributed by atoms with Gasteiger partial charge >= 0.3 is 12.1 Å². The molecule has 0 saturated heterocycles. The van der Waals surface area contributed by atoms with Crippen molar-refractivity contribution in [2.45, 2.75) is 32.5 Å². The van der Waals surface area contributed by atoms with Gasteiger partial charge in [0.05, 0.1) is 21.8 Å². The van der Waals surface area contributed by atoms with Crippen LogP contribution >= 0.6 is 23.8 Å². The van der Waals surface area contributed by atoms with E-state index in [0.29, 0.717) is 0 Å². The van der Waals surface area contributed by atoms with Gasteiger partial charge in [0.1, 0.15) is 5.60 Å². The van der Waals surface area contributed by atoms with Crippen molar-refractivity contribution in [3.8, 4) is 0 Å². The predicted molar refractivity (Wildman–Crippen MR) is 83.4 cm³/mol. The molecule has 0 aliphatic rings. The molecule has 0 N–H and O–H groups in total. The van der Waals surface area contributed by atoms with Crippen LogP contribution in [0.1, 0.15) is 36.7 Å². The topological polar surface area (TPSA) is 38.7 Å². The number of hydrogen-bond donors (Lipinski definition) is 0. The quantitative estimate of drug-likeness (QED) is 0.436. The molecule has 120 valence electrons. The molecule has 0 aliphatic heterocycles. The molecule has 0 saturated carbocycles. The lowest BCUT2D eigenvalue weighted by Gasteiger charge is -2.22. The van der Waals surface area contributed by atoms with Gasteiger partial charge in [0.2, 0.25) is 0 Å². The monoisotopic (exact) mass is 351 g/mol. The van der Waals surface area contributed by atoms with Gasteiger partial charge < -0.3 is 4.74 Å². The van der Waals surface area contributed by atoms with E-state index in [1.807, 2.05) is 0 Å². The smallest absolute Gasteiger partial charge is 0.417 e. The van der Waals surface area contributed by atoms with Crippen LogP contribution in [-0.2, 0) is 10.9 Å². The summed E-state index contributed by atoms with van der Waals surface area (Å²) in [5.74, 6) is -1.14. The molecule has 0 fully saturated rings. The third-order valence-corrected chi connectivity index (χ3v) is 2.69. The van der Waals surface area contributed by atoms with Gasteiger partial charge in [0, 0.05) is 11.6 Å². The largest absolute Gasteiger partial charge is 0.456 e. The molecular weight excluding hydrogens is 339 g/mol. The van der Waals surface area contributed by atoms with E-state index < -0.39 is 28.9 Å². The molecule has 22 heavy (non-hydrogen) atoms. The predicted octanol–water partition coefficient (Wildman–Crippen LogP) is 5.02. The zero-order valence-corrected chi connectivity index (χ0v) is 13.6. The zero-order valence-electron chi connectivity index (χ0n) is 12.0. The van der Waals surface area contributed by atoms with Gasteiger partial charge in [-0.2, -0.15) is 13.2 Å². The van der Waals surface area contributed by atoms with Gasteiger partial charge in [0.25, 0.3) is 0 Å². The standard InChI is InChI=1S/C14H13ClF3NO2S/c1-13(2,3)21-12(20)11-9(14(16,17)18)6-8(7-10(11)15)19-4-5-22/h4-7H,1-3H3. The minimum Gasteiger partial charge on any atom is -0.456 e. The van der Waals surface area contributed by atoms with E-state index in [2.05, 4.69) is 17.2 Å². The number of esters is 1. The molecule has 3 nitrogen and oxygen atoms in total. The lowest BCUT2D eigenvalue weighted by molar-refractivity contribution is -0.138. The SMILES string of the molecule is CC(C)(C)OC(=O)c1c(Cl)cc(N=CC=S)cc1C(F)(F)F. The molecule has 0 spiro atoms. The van der Waals surface area contributed by atoms with Crippen LogP contribution in [0.2, 0.25) is 5.02 Å². The molecule has 0 amide bonds. The van der Waals surface area contributed by atoms with Crippen molar-refractivity contribution in [3.63, 3.8) is 0 Å². The van der Waals surface area contributed by atoms with Crippen LogP contribution in [0.4, 0.5) is 18.9 Å². The maximum absolute atomic E-state index is 13.2. The molecule has 0 atom stereocenters. The Morgan fingerprint density at radius 1 is 1.32 bits per heavy atom. The van der Waals surface area contributed by atoms with Crippen LogP contribution in [-0.4, -0.2) is 23.2 Å². The Kier molecular flexibility index (Phi) is 5.70. The summed E-state index contributed by atoms with van der Waals surface area (Å²) < 4.78 is 44.5. The molecule has 1 aromatic carbocycles. The van der Waals surface area contributed by atoms with Gasteiger partial charge in [-0.3, -0.25) is 4.99 Å². The van der Waals surface area contributed by atoms with Crippen LogP contribution in [0.25, 0.3) is 0 Å². The highest BCUT2D eigenvalue weighted by Crippen LogP contribution is 2.38. The number of ether oxygens (including phenoxy) is 1. The van der Waals surface area contributed by atoms with Gasteiger partial charge in [0.15, 0.2) is 0 Å². The summed E-state index contributed by atoms with van der Waals surface area (Å²) in [6, 6.07) is 1.87. The summed E-state index contributed by atoms with van der Waals surface area (Å²) in [6.45, 7) is 4.64. The minimum absolute atomic E-state index is 0.0641. The highest BCUT2D eigenvalue weighted by molar-refractivity contribution is 7.80. The average Bonchev–Trinajstić information content (AvgIpc) is 2.32. The van der Waals surface area contributed by atoms with E-state index in [0.717, 1.165) is 23.7 Å². The number of thiocarbonyl (C=S) groups is 1. The summed E-state index contributed by atoms with van der Waals surface area (Å²) in [7, 11) is 0. The van der Waals surface area contributed by atoms with Gasteiger partial charge in [-0.25, -0.2) is 4.79 Å². The first kappa shape index (κ1) is 18.6. The van der Waals surface area contributed by atoms with Crippen molar-refractivity contribution in [1.29, 1.82) is 0 Å². The Hall–Kier alpha value is -1.47. The zero-order chi connectivity index (χ0) is 17.1. The van der Waals surface area contributed by atoms with Crippen molar-refractivity contribution < 1.29 is 22.7 Å². The first-order chi connectivity index (χ1) is 9.95. The third kappa shape index (κ3) is 5.06. The Labute approximate surface area is 136 Å². The number of carbonyl (C=O) groups excluding carboxylic acids is 1. The molecule has 0 aromatic heterocycles. The summed E-state index contributed by atoms with van der Waals surface area (Å²) in [5, 5.41) is 0.753. The fourth-order valence-electron chi connectivity index (χ4n) is 1.54. The van der Waals surface area contributed by atoms with Crippen LogP contribution in [0.3, 0.4) is 0 Å². The number of carbonyl (C=O) groups is 1. The van der Waals surface area contributed by atoms with E-state index >= 15 is 0 Å². The summed E-state index contributed by atoms with van der Waals surface area (Å²) in [6.07, 6.45) is -3.63. The maximum Gasteiger partial charge on any atom is 0.417 e. The second-order valence-electron chi connectivity index (χ2n) is 5.26. The number of halogens is 4. The Morgan fingerprint density at radius 3 is 2.36 bits per heavy atom. The van der Waals surface area contributed by atoms with Gasteiger partial charge in [-0.05, 0) is 32.9 Å². The fourth-order valence-corrected chi connectivity index (χ4v) is 1.90. The van der Waals surface area contributed by atoms with E-state index in [1.165, 1.54) is 0 Å². The number of nitrogens with zero attached hydrogens (tertiary/aromatic N) is 1. The minimum atomic E-state index is -4.78. The third-order valence-electron chi connectivity index (χ3n) is 2.27. The van der Waals surface area contributed by atoms with Gasteiger partial charge in [-0.1, -0.05) is 23.8 Å². The normalized spacial score (nSPS) is 12.5. The second kappa shape index (κ2) is 6.75. The van der Waals surface area contributed by atoms with E-state index in [1.54, 1.807) is 20.8 Å². The lowest BCUT2D eigenvalue weighted by atomic mass is 10.1. The summed E-state index contributed by atoms with van der Waals surface area (Å²) >= 11 is 10.3. The van der Waals surface area contributed by atoms with Crippen molar-refractivity contribution in [2.24, 2.45) is 4.99 Å². The van der Waals surface area contributed by atoms with E-state index in [4.69, 9.17) is 16.3 Å². The Bertz CT molecular complexity index is 622. The summed E-state index contributed by atoms with van der Waals surface area (Å²) in [4.78, 5) is 15.7. The maximum atomic E-state index is 13.2. The molecule has 0 unspecified atom stereocenters.